The molecule has 0 aliphatic carbocycles. The molecule has 28 heavy (non-hydrogen) atoms. The molecule has 1 atom stereocenters. The molecular weight excluding hydrogens is 352 g/mol. The molecule has 148 valence electrons. The number of likely N-dealkylation sites (tertiary alicyclic amines) is 1. The minimum atomic E-state index is -1.22. The summed E-state index contributed by atoms with van der Waals surface area (Å²) in [5.41, 5.74) is 2.00. The maximum absolute atomic E-state index is 11.7. The molecule has 3 rings (SSSR count). The van der Waals surface area contributed by atoms with Crippen molar-refractivity contribution < 1.29 is 15.0 Å². The second-order valence-electron chi connectivity index (χ2n) is 7.61. The SMILES string of the molecule is CC(=Cc1cccc(C(O)(CCN2CCCC2)c2ccc(C)cc2)n1)C(=O)O. The highest BCUT2D eigenvalue weighted by molar-refractivity contribution is 5.91. The molecule has 1 aromatic carbocycles. The highest BCUT2D eigenvalue weighted by atomic mass is 16.4. The molecule has 0 amide bonds. The summed E-state index contributed by atoms with van der Waals surface area (Å²) >= 11 is 0. The van der Waals surface area contributed by atoms with E-state index in [-0.39, 0.29) is 5.57 Å². The maximum Gasteiger partial charge on any atom is 0.331 e. The third kappa shape index (κ3) is 4.66. The van der Waals surface area contributed by atoms with Crippen molar-refractivity contribution in [1.29, 1.82) is 0 Å². The fourth-order valence-electron chi connectivity index (χ4n) is 3.62. The van der Waals surface area contributed by atoms with Gasteiger partial charge < -0.3 is 15.1 Å². The van der Waals surface area contributed by atoms with Crippen molar-refractivity contribution in [1.82, 2.24) is 9.88 Å². The first-order valence-electron chi connectivity index (χ1n) is 9.79. The van der Waals surface area contributed by atoms with Crippen LogP contribution in [0.3, 0.4) is 0 Å². The van der Waals surface area contributed by atoms with Gasteiger partial charge in [-0.3, -0.25) is 4.98 Å². The van der Waals surface area contributed by atoms with E-state index in [1.807, 2.05) is 43.3 Å². The largest absolute Gasteiger partial charge is 0.478 e. The monoisotopic (exact) mass is 380 g/mol. The quantitative estimate of drug-likeness (QED) is 0.718. The van der Waals surface area contributed by atoms with E-state index in [0.29, 0.717) is 17.8 Å². The molecule has 2 N–H and O–H groups in total. The van der Waals surface area contributed by atoms with Crippen LogP contribution < -0.4 is 0 Å². The summed E-state index contributed by atoms with van der Waals surface area (Å²) in [6.07, 6.45) is 4.47. The van der Waals surface area contributed by atoms with Crippen molar-refractivity contribution in [2.24, 2.45) is 0 Å². The van der Waals surface area contributed by atoms with E-state index < -0.39 is 11.6 Å². The first-order valence-corrected chi connectivity index (χ1v) is 9.79. The normalized spacial score (nSPS) is 17.5. The molecule has 0 bridgehead atoms. The van der Waals surface area contributed by atoms with Gasteiger partial charge in [0.15, 0.2) is 0 Å². The van der Waals surface area contributed by atoms with Crippen molar-refractivity contribution in [2.75, 3.05) is 19.6 Å². The molecule has 2 heterocycles. The summed E-state index contributed by atoms with van der Waals surface area (Å²) in [5, 5.41) is 20.9. The zero-order chi connectivity index (χ0) is 20.1. The van der Waals surface area contributed by atoms with Crippen LogP contribution in [0.15, 0.2) is 48.0 Å². The zero-order valence-electron chi connectivity index (χ0n) is 16.6. The van der Waals surface area contributed by atoms with E-state index in [2.05, 4.69) is 9.88 Å². The fourth-order valence-corrected chi connectivity index (χ4v) is 3.62. The second kappa shape index (κ2) is 8.67. The van der Waals surface area contributed by atoms with Gasteiger partial charge >= 0.3 is 5.97 Å². The number of pyridine rings is 1. The topological polar surface area (TPSA) is 73.7 Å². The first kappa shape index (κ1) is 20.2. The molecule has 5 heteroatoms. The lowest BCUT2D eigenvalue weighted by Crippen LogP contribution is -2.34. The number of carboxylic acid groups (broad SMARTS) is 1. The Morgan fingerprint density at radius 1 is 1.18 bits per heavy atom. The number of hydrogen-bond donors (Lipinski definition) is 2. The maximum atomic E-state index is 11.7. The van der Waals surface area contributed by atoms with Crippen LogP contribution in [0.5, 0.6) is 0 Å². The summed E-state index contributed by atoms with van der Waals surface area (Å²) in [6.45, 7) is 6.48. The summed E-state index contributed by atoms with van der Waals surface area (Å²) < 4.78 is 0. The molecule has 1 fully saturated rings. The van der Waals surface area contributed by atoms with Crippen LogP contribution in [0.2, 0.25) is 0 Å². The molecule has 5 nitrogen and oxygen atoms in total. The number of carboxylic acids is 1. The van der Waals surface area contributed by atoms with Gasteiger partial charge in [0.25, 0.3) is 0 Å². The first-order chi connectivity index (χ1) is 13.4. The van der Waals surface area contributed by atoms with Gasteiger partial charge in [-0.05, 0) is 70.0 Å². The predicted octanol–water partition coefficient (Wildman–Crippen LogP) is 3.60. The molecule has 2 aromatic rings. The number of aryl methyl sites for hydroxylation is 1. The summed E-state index contributed by atoms with van der Waals surface area (Å²) in [4.78, 5) is 18.1. The highest BCUT2D eigenvalue weighted by Crippen LogP contribution is 2.33. The Labute approximate surface area is 166 Å². The zero-order valence-corrected chi connectivity index (χ0v) is 16.6. The van der Waals surface area contributed by atoms with Crippen molar-refractivity contribution in [2.45, 2.75) is 38.7 Å². The van der Waals surface area contributed by atoms with Crippen molar-refractivity contribution >= 4 is 12.0 Å². The Kier molecular flexibility index (Phi) is 6.27. The van der Waals surface area contributed by atoms with Crippen LogP contribution in [0.4, 0.5) is 0 Å². The van der Waals surface area contributed by atoms with E-state index >= 15 is 0 Å². The van der Waals surface area contributed by atoms with E-state index in [1.54, 1.807) is 6.07 Å². The third-order valence-corrected chi connectivity index (χ3v) is 5.41. The molecule has 1 aliphatic rings. The smallest absolute Gasteiger partial charge is 0.331 e. The fraction of sp³-hybridized carbons (Fsp3) is 0.391. The Hall–Kier alpha value is -2.50. The minimum Gasteiger partial charge on any atom is -0.478 e. The lowest BCUT2D eigenvalue weighted by molar-refractivity contribution is -0.132. The third-order valence-electron chi connectivity index (χ3n) is 5.41. The Morgan fingerprint density at radius 3 is 2.50 bits per heavy atom. The molecule has 1 aromatic heterocycles. The van der Waals surface area contributed by atoms with Crippen LogP contribution in [0, 0.1) is 6.92 Å². The van der Waals surface area contributed by atoms with Gasteiger partial charge in [-0.15, -0.1) is 0 Å². The molecule has 1 aliphatic heterocycles. The van der Waals surface area contributed by atoms with Crippen LogP contribution in [-0.4, -0.2) is 45.7 Å². The van der Waals surface area contributed by atoms with Crippen LogP contribution in [-0.2, 0) is 10.4 Å². The van der Waals surface area contributed by atoms with Crippen LogP contribution >= 0.6 is 0 Å². The highest BCUT2D eigenvalue weighted by Gasteiger charge is 2.34. The van der Waals surface area contributed by atoms with Gasteiger partial charge in [0.2, 0.25) is 0 Å². The number of hydrogen-bond acceptors (Lipinski definition) is 4. The number of nitrogens with zero attached hydrogens (tertiary/aromatic N) is 2. The van der Waals surface area contributed by atoms with E-state index in [1.165, 1.54) is 25.8 Å². The lowest BCUT2D eigenvalue weighted by atomic mass is 9.86. The van der Waals surface area contributed by atoms with Gasteiger partial charge in [0.1, 0.15) is 5.60 Å². The standard InChI is InChI=1S/C23H28N2O3/c1-17-8-10-19(11-9-17)23(28,12-15-25-13-3-4-14-25)21-7-5-6-20(24-21)16-18(2)22(26)27/h5-11,16,28H,3-4,12-15H2,1-2H3,(H,26,27). The Bertz CT molecular complexity index is 854. The second-order valence-corrected chi connectivity index (χ2v) is 7.61. The average molecular weight is 380 g/mol. The van der Waals surface area contributed by atoms with Gasteiger partial charge in [-0.2, -0.15) is 0 Å². The number of aliphatic carboxylic acids is 1. The number of rotatable bonds is 7. The van der Waals surface area contributed by atoms with Crippen molar-refractivity contribution in [3.8, 4) is 0 Å². The molecular formula is C23H28N2O3. The van der Waals surface area contributed by atoms with E-state index in [0.717, 1.165) is 30.8 Å². The van der Waals surface area contributed by atoms with Gasteiger partial charge in [0, 0.05) is 12.1 Å². The summed E-state index contributed by atoms with van der Waals surface area (Å²) in [6, 6.07) is 13.3. The van der Waals surface area contributed by atoms with Crippen molar-refractivity contribution in [3.63, 3.8) is 0 Å². The van der Waals surface area contributed by atoms with Gasteiger partial charge in [0.05, 0.1) is 11.4 Å². The van der Waals surface area contributed by atoms with Crippen LogP contribution in [0.1, 0.15) is 48.7 Å². The van der Waals surface area contributed by atoms with E-state index in [9.17, 15) is 9.90 Å². The number of carbonyl (C=O) groups is 1. The van der Waals surface area contributed by atoms with Crippen LogP contribution in [0.25, 0.3) is 6.08 Å². The summed E-state index contributed by atoms with van der Waals surface area (Å²) in [7, 11) is 0. The summed E-state index contributed by atoms with van der Waals surface area (Å²) in [5.74, 6) is -0.977. The van der Waals surface area contributed by atoms with E-state index in [4.69, 9.17) is 5.11 Å². The Balaban J connectivity index is 1.97. The minimum absolute atomic E-state index is 0.209. The van der Waals surface area contributed by atoms with Crippen molar-refractivity contribution in [3.05, 3.63) is 70.6 Å². The van der Waals surface area contributed by atoms with Gasteiger partial charge in [-0.1, -0.05) is 35.9 Å². The number of aliphatic hydroxyl groups is 1. The number of aromatic nitrogens is 1. The number of benzene rings is 1. The lowest BCUT2D eigenvalue weighted by Gasteiger charge is -2.30. The molecule has 1 saturated heterocycles. The molecule has 0 radical (unpaired) electrons. The Morgan fingerprint density at radius 2 is 1.86 bits per heavy atom. The molecule has 0 saturated carbocycles. The average Bonchev–Trinajstić information content (AvgIpc) is 3.20. The molecule has 1 unspecified atom stereocenters. The van der Waals surface area contributed by atoms with Gasteiger partial charge in [-0.25, -0.2) is 4.79 Å². The predicted molar refractivity (Wildman–Crippen MR) is 110 cm³/mol. The molecule has 0 spiro atoms.